The van der Waals surface area contributed by atoms with Crippen LogP contribution in [0.5, 0.6) is 5.75 Å². The van der Waals surface area contributed by atoms with Gasteiger partial charge >= 0.3 is 0 Å². The highest BCUT2D eigenvalue weighted by molar-refractivity contribution is 5.93. The van der Waals surface area contributed by atoms with Crippen molar-refractivity contribution in [2.45, 2.75) is 25.8 Å². The third-order valence-electron chi connectivity index (χ3n) is 4.69. The molecule has 1 amide bonds. The van der Waals surface area contributed by atoms with Gasteiger partial charge in [-0.05, 0) is 43.9 Å². The molecule has 2 heterocycles. The Morgan fingerprint density at radius 1 is 1.42 bits per heavy atom. The fraction of sp³-hybridized carbons (Fsp3) is 0.444. The average Bonchev–Trinajstić information content (AvgIpc) is 3.11. The molecule has 128 valence electrons. The van der Waals surface area contributed by atoms with E-state index in [0.29, 0.717) is 17.9 Å². The Bertz CT molecular complexity index is 713. The molecule has 0 aliphatic carbocycles. The summed E-state index contributed by atoms with van der Waals surface area (Å²) in [6.07, 6.45) is 1.86. The van der Waals surface area contributed by atoms with E-state index in [9.17, 15) is 9.90 Å². The molecule has 1 fully saturated rings. The lowest BCUT2D eigenvalue weighted by atomic mass is 9.94. The molecule has 0 spiro atoms. The summed E-state index contributed by atoms with van der Waals surface area (Å²) < 4.78 is 5.35. The standard InChI is InChI=1S/C18H23N3O3/c1-12-7-8-13(11-22)10-21(12)18(23)16-9-15(19-20-16)14-5-3-4-6-17(14)24-2/h3-6,9,12-13,22H,7-8,10-11H2,1-2H3,(H,19,20). The van der Waals surface area contributed by atoms with E-state index in [0.717, 1.165) is 24.2 Å². The first-order chi connectivity index (χ1) is 11.6. The number of benzene rings is 1. The van der Waals surface area contributed by atoms with Gasteiger partial charge in [0, 0.05) is 24.8 Å². The van der Waals surface area contributed by atoms with Gasteiger partial charge < -0.3 is 14.7 Å². The molecule has 2 unspecified atom stereocenters. The molecule has 0 bridgehead atoms. The van der Waals surface area contributed by atoms with E-state index in [1.54, 1.807) is 13.2 Å². The molecule has 6 heteroatoms. The van der Waals surface area contributed by atoms with E-state index in [4.69, 9.17) is 4.74 Å². The Morgan fingerprint density at radius 2 is 2.21 bits per heavy atom. The molecule has 6 nitrogen and oxygen atoms in total. The molecule has 2 aromatic rings. The molecule has 2 N–H and O–H groups in total. The largest absolute Gasteiger partial charge is 0.496 e. The van der Waals surface area contributed by atoms with Crippen molar-refractivity contribution in [2.75, 3.05) is 20.3 Å². The molecular formula is C18H23N3O3. The minimum Gasteiger partial charge on any atom is -0.496 e. The summed E-state index contributed by atoms with van der Waals surface area (Å²) in [6.45, 7) is 2.74. The molecule has 1 saturated heterocycles. The van der Waals surface area contributed by atoms with Crippen molar-refractivity contribution < 1.29 is 14.6 Å². The minimum atomic E-state index is -0.0747. The number of ether oxygens (including phenoxy) is 1. The van der Waals surface area contributed by atoms with Crippen molar-refractivity contribution in [3.05, 3.63) is 36.0 Å². The first-order valence-electron chi connectivity index (χ1n) is 8.24. The van der Waals surface area contributed by atoms with Gasteiger partial charge in [-0.2, -0.15) is 5.10 Å². The van der Waals surface area contributed by atoms with Crippen LogP contribution in [-0.4, -0.2) is 52.4 Å². The summed E-state index contributed by atoms with van der Waals surface area (Å²) in [6, 6.07) is 9.50. The van der Waals surface area contributed by atoms with Gasteiger partial charge in [-0.25, -0.2) is 0 Å². The van der Waals surface area contributed by atoms with Crippen molar-refractivity contribution in [1.82, 2.24) is 15.1 Å². The Kier molecular flexibility index (Phi) is 4.85. The molecule has 1 aromatic carbocycles. The Hall–Kier alpha value is -2.34. The van der Waals surface area contributed by atoms with Crippen LogP contribution in [0.2, 0.25) is 0 Å². The monoisotopic (exact) mass is 329 g/mol. The lowest BCUT2D eigenvalue weighted by molar-refractivity contribution is 0.0483. The molecule has 1 aliphatic heterocycles. The number of aliphatic hydroxyl groups is 1. The third kappa shape index (κ3) is 3.14. The van der Waals surface area contributed by atoms with Crippen molar-refractivity contribution in [3.8, 4) is 17.0 Å². The third-order valence-corrected chi connectivity index (χ3v) is 4.69. The van der Waals surface area contributed by atoms with Crippen molar-refractivity contribution in [1.29, 1.82) is 0 Å². The summed E-state index contributed by atoms with van der Waals surface area (Å²) in [4.78, 5) is 14.6. The number of para-hydroxylation sites is 1. The van der Waals surface area contributed by atoms with Gasteiger partial charge in [0.25, 0.3) is 5.91 Å². The maximum absolute atomic E-state index is 12.8. The predicted octanol–water partition coefficient (Wildman–Crippen LogP) is 2.32. The van der Waals surface area contributed by atoms with E-state index in [-0.39, 0.29) is 24.5 Å². The van der Waals surface area contributed by atoms with Crippen LogP contribution in [-0.2, 0) is 0 Å². The lowest BCUT2D eigenvalue weighted by Crippen LogP contribution is -2.46. The number of likely N-dealkylation sites (tertiary alicyclic amines) is 1. The smallest absolute Gasteiger partial charge is 0.272 e. The van der Waals surface area contributed by atoms with E-state index < -0.39 is 0 Å². The van der Waals surface area contributed by atoms with Crippen LogP contribution < -0.4 is 4.74 Å². The van der Waals surface area contributed by atoms with E-state index in [1.807, 2.05) is 36.1 Å². The number of amides is 1. The average molecular weight is 329 g/mol. The Labute approximate surface area is 141 Å². The maximum Gasteiger partial charge on any atom is 0.272 e. The summed E-state index contributed by atoms with van der Waals surface area (Å²) in [5.74, 6) is 0.797. The van der Waals surface area contributed by atoms with Crippen LogP contribution >= 0.6 is 0 Å². The number of aliphatic hydroxyl groups excluding tert-OH is 1. The van der Waals surface area contributed by atoms with Gasteiger partial charge in [-0.15, -0.1) is 0 Å². The number of rotatable bonds is 4. The van der Waals surface area contributed by atoms with E-state index in [2.05, 4.69) is 10.2 Å². The van der Waals surface area contributed by atoms with Gasteiger partial charge in [0.15, 0.2) is 0 Å². The topological polar surface area (TPSA) is 78.5 Å². The van der Waals surface area contributed by atoms with Gasteiger partial charge in [-0.3, -0.25) is 9.89 Å². The zero-order chi connectivity index (χ0) is 17.1. The number of carbonyl (C=O) groups excluding carboxylic acids is 1. The van der Waals surface area contributed by atoms with Crippen LogP contribution in [0.4, 0.5) is 0 Å². The predicted molar refractivity (Wildman–Crippen MR) is 90.9 cm³/mol. The highest BCUT2D eigenvalue weighted by atomic mass is 16.5. The van der Waals surface area contributed by atoms with Gasteiger partial charge in [-0.1, -0.05) is 12.1 Å². The normalized spacial score (nSPS) is 20.9. The number of hydrogen-bond donors (Lipinski definition) is 2. The zero-order valence-electron chi connectivity index (χ0n) is 14.0. The van der Waals surface area contributed by atoms with Crippen LogP contribution in [0, 0.1) is 5.92 Å². The zero-order valence-corrected chi connectivity index (χ0v) is 14.0. The maximum atomic E-state index is 12.8. The number of H-pyrrole nitrogens is 1. The van der Waals surface area contributed by atoms with Gasteiger partial charge in [0.05, 0.1) is 12.8 Å². The second-order valence-electron chi connectivity index (χ2n) is 6.30. The quantitative estimate of drug-likeness (QED) is 0.902. The second-order valence-corrected chi connectivity index (χ2v) is 6.30. The number of nitrogens with zero attached hydrogens (tertiary/aromatic N) is 2. The van der Waals surface area contributed by atoms with Crippen molar-refractivity contribution >= 4 is 5.91 Å². The van der Waals surface area contributed by atoms with Crippen LogP contribution in [0.25, 0.3) is 11.3 Å². The molecule has 2 atom stereocenters. The summed E-state index contributed by atoms with van der Waals surface area (Å²) in [5.41, 5.74) is 1.98. The SMILES string of the molecule is COc1ccccc1-c1cc(C(=O)N2CC(CO)CCC2C)[nH]n1. The van der Waals surface area contributed by atoms with Crippen LogP contribution in [0.1, 0.15) is 30.3 Å². The van der Waals surface area contributed by atoms with Crippen LogP contribution in [0.15, 0.2) is 30.3 Å². The fourth-order valence-corrected chi connectivity index (χ4v) is 3.19. The number of nitrogens with one attached hydrogen (secondary N) is 1. The minimum absolute atomic E-state index is 0.0747. The number of hydrogen-bond acceptors (Lipinski definition) is 4. The second kappa shape index (κ2) is 7.05. The summed E-state index contributed by atoms with van der Waals surface area (Å²) in [7, 11) is 1.61. The molecule has 0 saturated carbocycles. The van der Waals surface area contributed by atoms with Gasteiger partial charge in [0.1, 0.15) is 11.4 Å². The van der Waals surface area contributed by atoms with Crippen molar-refractivity contribution in [2.24, 2.45) is 5.92 Å². The first-order valence-corrected chi connectivity index (χ1v) is 8.24. The Balaban J connectivity index is 1.83. The lowest BCUT2D eigenvalue weighted by Gasteiger charge is -2.37. The highest BCUT2D eigenvalue weighted by Gasteiger charge is 2.30. The van der Waals surface area contributed by atoms with E-state index in [1.165, 1.54) is 0 Å². The van der Waals surface area contributed by atoms with Crippen LogP contribution in [0.3, 0.4) is 0 Å². The number of carbonyl (C=O) groups is 1. The fourth-order valence-electron chi connectivity index (χ4n) is 3.19. The molecular weight excluding hydrogens is 306 g/mol. The number of aromatic nitrogens is 2. The molecule has 24 heavy (non-hydrogen) atoms. The number of aromatic amines is 1. The van der Waals surface area contributed by atoms with Gasteiger partial charge in [0.2, 0.25) is 0 Å². The summed E-state index contributed by atoms with van der Waals surface area (Å²) >= 11 is 0. The first kappa shape index (κ1) is 16.5. The van der Waals surface area contributed by atoms with Crippen molar-refractivity contribution in [3.63, 3.8) is 0 Å². The molecule has 0 radical (unpaired) electrons. The number of piperidine rings is 1. The molecule has 3 rings (SSSR count). The summed E-state index contributed by atoms with van der Waals surface area (Å²) in [5, 5.41) is 16.5. The number of methoxy groups -OCH3 is 1. The van der Waals surface area contributed by atoms with E-state index >= 15 is 0 Å². The molecule has 1 aromatic heterocycles. The molecule has 1 aliphatic rings. The highest BCUT2D eigenvalue weighted by Crippen LogP contribution is 2.29. The Morgan fingerprint density at radius 3 is 2.96 bits per heavy atom.